The Morgan fingerprint density at radius 2 is 2.24 bits per heavy atom. The van der Waals surface area contributed by atoms with E-state index in [9.17, 15) is 0 Å². The summed E-state index contributed by atoms with van der Waals surface area (Å²) < 4.78 is 3.64. The number of aromatic nitrogens is 6. The molecule has 0 fully saturated rings. The highest BCUT2D eigenvalue weighted by Crippen LogP contribution is 2.23. The Balaban J connectivity index is 2.11. The van der Waals surface area contributed by atoms with Crippen molar-refractivity contribution in [3.05, 3.63) is 24.0 Å². The maximum absolute atomic E-state index is 4.21. The van der Waals surface area contributed by atoms with Crippen LogP contribution >= 0.6 is 15.9 Å². The second kappa shape index (κ2) is 5.39. The molecule has 2 aromatic heterocycles. The fourth-order valence-corrected chi connectivity index (χ4v) is 1.77. The van der Waals surface area contributed by atoms with Crippen molar-refractivity contribution in [3.8, 4) is 0 Å². The van der Waals surface area contributed by atoms with Gasteiger partial charge in [0.1, 0.15) is 18.7 Å². The van der Waals surface area contributed by atoms with Crippen molar-refractivity contribution in [2.45, 2.75) is 38.2 Å². The lowest BCUT2D eigenvalue weighted by molar-refractivity contribution is 0.557. The van der Waals surface area contributed by atoms with E-state index in [0.717, 1.165) is 24.5 Å². The van der Waals surface area contributed by atoms with Crippen LogP contribution in [0.15, 0.2) is 12.5 Å². The Morgan fingerprint density at radius 3 is 2.94 bits per heavy atom. The van der Waals surface area contributed by atoms with Crippen molar-refractivity contribution in [1.82, 2.24) is 29.8 Å². The molecule has 6 nitrogen and oxygen atoms in total. The first-order valence-corrected chi connectivity index (χ1v) is 6.57. The van der Waals surface area contributed by atoms with Gasteiger partial charge >= 0.3 is 0 Å². The topological polar surface area (TPSA) is 61.4 Å². The lowest BCUT2D eigenvalue weighted by Crippen LogP contribution is -2.09. The van der Waals surface area contributed by atoms with Crippen LogP contribution in [-0.4, -0.2) is 29.8 Å². The zero-order valence-electron chi connectivity index (χ0n) is 9.91. The predicted octanol–water partition coefficient (Wildman–Crippen LogP) is 1.78. The number of alkyl halides is 1. The molecule has 0 spiro atoms. The third-order valence-electron chi connectivity index (χ3n) is 2.53. The van der Waals surface area contributed by atoms with Crippen LogP contribution in [0.4, 0.5) is 0 Å². The van der Waals surface area contributed by atoms with Crippen LogP contribution in [0, 0.1) is 0 Å². The Morgan fingerprint density at radius 1 is 1.41 bits per heavy atom. The molecule has 0 bridgehead atoms. The highest BCUT2D eigenvalue weighted by molar-refractivity contribution is 9.09. The van der Waals surface area contributed by atoms with Gasteiger partial charge in [0.25, 0.3) is 0 Å². The molecule has 0 saturated carbocycles. The van der Waals surface area contributed by atoms with Gasteiger partial charge in [0.05, 0.1) is 16.7 Å². The van der Waals surface area contributed by atoms with Crippen molar-refractivity contribution in [2.24, 2.45) is 0 Å². The van der Waals surface area contributed by atoms with E-state index in [1.807, 2.05) is 17.8 Å². The fraction of sp³-hybridized carbons (Fsp3) is 0.600. The third kappa shape index (κ3) is 2.71. The summed E-state index contributed by atoms with van der Waals surface area (Å²) in [5.41, 5.74) is 0.954. The van der Waals surface area contributed by atoms with Gasteiger partial charge in [-0.05, 0) is 13.3 Å². The molecule has 0 aliphatic carbocycles. The SMILES string of the molecule is CCC(Br)c1cn(Cc2ncnn2CC)nn1. The summed E-state index contributed by atoms with van der Waals surface area (Å²) in [7, 11) is 0. The molecule has 0 aliphatic rings. The summed E-state index contributed by atoms with van der Waals surface area (Å²) in [4.78, 5) is 4.47. The summed E-state index contributed by atoms with van der Waals surface area (Å²) in [6.07, 6.45) is 4.50. The molecule has 1 atom stereocenters. The molecule has 92 valence electrons. The number of halogens is 1. The zero-order valence-corrected chi connectivity index (χ0v) is 11.5. The summed E-state index contributed by atoms with van der Waals surface area (Å²) in [5.74, 6) is 0.895. The number of nitrogens with zero attached hydrogens (tertiary/aromatic N) is 6. The molecule has 0 amide bonds. The van der Waals surface area contributed by atoms with Gasteiger partial charge in [-0.15, -0.1) is 5.10 Å². The molecule has 2 heterocycles. The third-order valence-corrected chi connectivity index (χ3v) is 3.65. The van der Waals surface area contributed by atoms with E-state index in [-0.39, 0.29) is 4.83 Å². The normalized spacial score (nSPS) is 12.9. The summed E-state index contributed by atoms with van der Waals surface area (Å²) in [6, 6.07) is 0. The molecule has 0 saturated heterocycles. The fourth-order valence-electron chi connectivity index (χ4n) is 1.56. The highest BCUT2D eigenvalue weighted by Gasteiger charge is 2.11. The molecule has 0 aromatic carbocycles. The quantitative estimate of drug-likeness (QED) is 0.790. The maximum Gasteiger partial charge on any atom is 0.148 e. The van der Waals surface area contributed by atoms with E-state index in [0.29, 0.717) is 6.54 Å². The Kier molecular flexibility index (Phi) is 3.88. The Hall–Kier alpha value is -1.24. The van der Waals surface area contributed by atoms with Crippen LogP contribution in [0.1, 0.15) is 36.6 Å². The summed E-state index contributed by atoms with van der Waals surface area (Å²) in [5, 5.41) is 12.3. The zero-order chi connectivity index (χ0) is 12.3. The largest absolute Gasteiger partial charge is 0.249 e. The Bertz CT molecular complexity index is 477. The first-order valence-electron chi connectivity index (χ1n) is 5.65. The lowest BCUT2D eigenvalue weighted by Gasteiger charge is -2.02. The first kappa shape index (κ1) is 12.2. The standard InChI is InChI=1S/C10H15BrN6/c1-3-8(11)9-5-16(15-14-9)6-10-12-7-13-17(10)4-2/h5,7-8H,3-4,6H2,1-2H3. The maximum atomic E-state index is 4.21. The minimum atomic E-state index is 0.264. The number of hydrogen-bond acceptors (Lipinski definition) is 4. The second-order valence-corrected chi connectivity index (χ2v) is 4.81. The van der Waals surface area contributed by atoms with Gasteiger partial charge in [-0.2, -0.15) is 5.10 Å². The molecule has 0 radical (unpaired) electrons. The van der Waals surface area contributed by atoms with Crippen LogP contribution in [-0.2, 0) is 13.1 Å². The number of hydrogen-bond donors (Lipinski definition) is 0. The van der Waals surface area contributed by atoms with E-state index in [2.05, 4.69) is 43.2 Å². The highest BCUT2D eigenvalue weighted by atomic mass is 79.9. The minimum absolute atomic E-state index is 0.264. The van der Waals surface area contributed by atoms with Gasteiger partial charge in [0.2, 0.25) is 0 Å². The van der Waals surface area contributed by atoms with Crippen LogP contribution in [0.5, 0.6) is 0 Å². The summed E-state index contributed by atoms with van der Waals surface area (Å²) in [6.45, 7) is 5.56. The van der Waals surface area contributed by atoms with Gasteiger partial charge in [-0.3, -0.25) is 0 Å². The van der Waals surface area contributed by atoms with Crippen molar-refractivity contribution in [1.29, 1.82) is 0 Å². The van der Waals surface area contributed by atoms with Crippen LogP contribution in [0.25, 0.3) is 0 Å². The second-order valence-electron chi connectivity index (χ2n) is 3.71. The van der Waals surface area contributed by atoms with Crippen molar-refractivity contribution >= 4 is 15.9 Å². The Labute approximate surface area is 108 Å². The van der Waals surface area contributed by atoms with Gasteiger partial charge < -0.3 is 0 Å². The minimum Gasteiger partial charge on any atom is -0.249 e. The van der Waals surface area contributed by atoms with Crippen LogP contribution in [0.3, 0.4) is 0 Å². The van der Waals surface area contributed by atoms with Gasteiger partial charge in [-0.1, -0.05) is 28.1 Å². The number of rotatable bonds is 5. The van der Waals surface area contributed by atoms with Crippen LogP contribution in [0.2, 0.25) is 0 Å². The van der Waals surface area contributed by atoms with Crippen molar-refractivity contribution < 1.29 is 0 Å². The van der Waals surface area contributed by atoms with Gasteiger partial charge in [-0.25, -0.2) is 14.3 Å². The molecular weight excluding hydrogens is 284 g/mol. The molecule has 7 heteroatoms. The predicted molar refractivity (Wildman–Crippen MR) is 66.8 cm³/mol. The van der Waals surface area contributed by atoms with E-state index in [1.54, 1.807) is 11.0 Å². The molecule has 2 aromatic rings. The monoisotopic (exact) mass is 298 g/mol. The van der Waals surface area contributed by atoms with Gasteiger partial charge in [0.15, 0.2) is 0 Å². The van der Waals surface area contributed by atoms with Crippen molar-refractivity contribution in [2.75, 3.05) is 0 Å². The van der Waals surface area contributed by atoms with Crippen molar-refractivity contribution in [3.63, 3.8) is 0 Å². The molecule has 17 heavy (non-hydrogen) atoms. The number of aryl methyl sites for hydroxylation is 1. The van der Waals surface area contributed by atoms with E-state index < -0.39 is 0 Å². The smallest absolute Gasteiger partial charge is 0.148 e. The van der Waals surface area contributed by atoms with E-state index in [4.69, 9.17) is 0 Å². The summed E-state index contributed by atoms with van der Waals surface area (Å²) >= 11 is 3.56. The molecule has 0 N–H and O–H groups in total. The van der Waals surface area contributed by atoms with E-state index >= 15 is 0 Å². The van der Waals surface area contributed by atoms with E-state index in [1.165, 1.54) is 0 Å². The average molecular weight is 299 g/mol. The van der Waals surface area contributed by atoms with Gasteiger partial charge in [0, 0.05) is 6.54 Å². The molecular formula is C10H15BrN6. The molecule has 0 aliphatic heterocycles. The first-order chi connectivity index (χ1) is 8.24. The molecule has 1 unspecified atom stereocenters. The van der Waals surface area contributed by atoms with Crippen LogP contribution < -0.4 is 0 Å². The lowest BCUT2D eigenvalue weighted by atomic mass is 10.3. The molecule has 2 rings (SSSR count). The average Bonchev–Trinajstić information content (AvgIpc) is 2.97.